The molecule has 170 valence electrons. The number of rotatable bonds is 4. The van der Waals surface area contributed by atoms with E-state index >= 15 is 0 Å². The number of fused-ring (bicyclic) bond motifs is 1. The van der Waals surface area contributed by atoms with Crippen LogP contribution in [0.4, 0.5) is 14.9 Å². The number of hydrogen-bond acceptors (Lipinski definition) is 4. The third-order valence-electron chi connectivity index (χ3n) is 5.68. The third-order valence-corrected chi connectivity index (χ3v) is 5.68. The molecule has 0 saturated carbocycles. The van der Waals surface area contributed by atoms with E-state index in [0.29, 0.717) is 25.3 Å². The first-order valence-electron chi connectivity index (χ1n) is 10.6. The Labute approximate surface area is 197 Å². The predicted molar refractivity (Wildman–Crippen MR) is 129 cm³/mol. The Kier molecular flexibility index (Phi) is 6.91. The molecule has 3 heterocycles. The second kappa shape index (κ2) is 10.0. The minimum absolute atomic E-state index is 0. The molecule has 0 unspecified atom stereocenters. The zero-order valence-electron chi connectivity index (χ0n) is 17.9. The van der Waals surface area contributed by atoms with Gasteiger partial charge in [-0.2, -0.15) is 0 Å². The monoisotopic (exact) mass is 466 g/mol. The number of nitrogens with one attached hydrogen (secondary N) is 1. The van der Waals surface area contributed by atoms with E-state index in [0.717, 1.165) is 40.9 Å². The van der Waals surface area contributed by atoms with Crippen molar-refractivity contribution in [3.63, 3.8) is 0 Å². The summed E-state index contributed by atoms with van der Waals surface area (Å²) in [7, 11) is 0. The lowest BCUT2D eigenvalue weighted by Crippen LogP contribution is -2.49. The summed E-state index contributed by atoms with van der Waals surface area (Å²) in [6.45, 7) is 3.39. The molecule has 1 N–H and O–H groups in total. The number of urea groups is 1. The van der Waals surface area contributed by atoms with E-state index in [-0.39, 0.29) is 24.3 Å². The van der Waals surface area contributed by atoms with Crippen LogP contribution in [0, 0.1) is 5.82 Å². The smallest absolute Gasteiger partial charge is 0.321 e. The van der Waals surface area contributed by atoms with Crippen LogP contribution in [0.1, 0.15) is 5.76 Å². The number of anilines is 1. The first-order valence-corrected chi connectivity index (χ1v) is 10.6. The van der Waals surface area contributed by atoms with Crippen LogP contribution in [-0.4, -0.2) is 47.0 Å². The number of amides is 2. The van der Waals surface area contributed by atoms with Crippen molar-refractivity contribution < 1.29 is 13.6 Å². The second-order valence-electron chi connectivity index (χ2n) is 7.91. The molecule has 2 aromatic carbocycles. The van der Waals surface area contributed by atoms with Gasteiger partial charge in [-0.1, -0.05) is 18.2 Å². The van der Waals surface area contributed by atoms with Crippen molar-refractivity contribution in [2.24, 2.45) is 0 Å². The maximum absolute atomic E-state index is 13.3. The summed E-state index contributed by atoms with van der Waals surface area (Å²) in [5, 5.41) is 3.82. The number of piperazine rings is 1. The highest BCUT2D eigenvalue weighted by Crippen LogP contribution is 2.27. The van der Waals surface area contributed by atoms with Crippen molar-refractivity contribution in [1.29, 1.82) is 0 Å². The summed E-state index contributed by atoms with van der Waals surface area (Å²) in [5.41, 5.74) is 3.51. The molecule has 1 aliphatic rings. The maximum Gasteiger partial charge on any atom is 0.321 e. The zero-order chi connectivity index (χ0) is 21.9. The van der Waals surface area contributed by atoms with Gasteiger partial charge in [0.25, 0.3) is 0 Å². The third kappa shape index (κ3) is 5.32. The van der Waals surface area contributed by atoms with Crippen LogP contribution < -0.4 is 5.32 Å². The lowest BCUT2D eigenvalue weighted by Gasteiger charge is -2.34. The summed E-state index contributed by atoms with van der Waals surface area (Å²) in [6.07, 6.45) is 3.62. The van der Waals surface area contributed by atoms with Crippen LogP contribution in [0.2, 0.25) is 0 Å². The van der Waals surface area contributed by atoms with Gasteiger partial charge in [0.15, 0.2) is 0 Å². The Morgan fingerprint density at radius 1 is 1.00 bits per heavy atom. The van der Waals surface area contributed by atoms with E-state index < -0.39 is 0 Å². The van der Waals surface area contributed by atoms with Crippen LogP contribution in [-0.2, 0) is 6.54 Å². The van der Waals surface area contributed by atoms with E-state index in [2.05, 4.69) is 27.3 Å². The molecule has 0 bridgehead atoms. The first-order chi connectivity index (χ1) is 15.6. The first kappa shape index (κ1) is 22.8. The normalized spacial score (nSPS) is 14.2. The summed E-state index contributed by atoms with van der Waals surface area (Å²) in [5.74, 6) is 0.534. The summed E-state index contributed by atoms with van der Waals surface area (Å²) in [6, 6.07) is 17.9. The minimum atomic E-state index is -0.369. The summed E-state index contributed by atoms with van der Waals surface area (Å²) >= 11 is 0. The molecule has 0 radical (unpaired) electrons. The number of halogens is 2. The van der Waals surface area contributed by atoms with Crippen LogP contribution >= 0.6 is 12.4 Å². The van der Waals surface area contributed by atoms with Gasteiger partial charge in [0, 0.05) is 55.2 Å². The molecular weight excluding hydrogens is 443 g/mol. The topological polar surface area (TPSA) is 61.6 Å². The molecule has 4 aromatic rings. The molecule has 6 nitrogen and oxygen atoms in total. The van der Waals surface area contributed by atoms with Gasteiger partial charge >= 0.3 is 6.03 Å². The molecule has 1 aliphatic heterocycles. The van der Waals surface area contributed by atoms with Gasteiger partial charge in [0.1, 0.15) is 17.2 Å². The maximum atomic E-state index is 13.3. The van der Waals surface area contributed by atoms with Crippen molar-refractivity contribution in [3.8, 4) is 11.1 Å². The van der Waals surface area contributed by atoms with Gasteiger partial charge in [0.2, 0.25) is 0 Å². The molecule has 8 heteroatoms. The Morgan fingerprint density at radius 2 is 1.85 bits per heavy atom. The molecule has 1 fully saturated rings. The largest absolute Gasteiger partial charge is 0.460 e. The molecule has 0 atom stereocenters. The highest BCUT2D eigenvalue weighted by atomic mass is 35.5. The van der Waals surface area contributed by atoms with Crippen molar-refractivity contribution in [3.05, 3.63) is 84.6 Å². The van der Waals surface area contributed by atoms with Gasteiger partial charge in [-0.25, -0.2) is 9.18 Å². The summed E-state index contributed by atoms with van der Waals surface area (Å²) in [4.78, 5) is 20.7. The number of furan rings is 1. The quantitative estimate of drug-likeness (QED) is 0.437. The predicted octanol–water partition coefficient (Wildman–Crippen LogP) is 5.41. The fourth-order valence-corrected chi connectivity index (χ4v) is 3.99. The summed E-state index contributed by atoms with van der Waals surface area (Å²) < 4.78 is 19.4. The van der Waals surface area contributed by atoms with Crippen LogP contribution in [0.3, 0.4) is 0 Å². The number of pyridine rings is 1. The van der Waals surface area contributed by atoms with Gasteiger partial charge < -0.3 is 14.6 Å². The number of hydrogen-bond donors (Lipinski definition) is 1. The SMILES string of the molecule is Cl.O=C(Nc1cccc(F)c1)N1CCN(Cc2cc3cc(-c4cccnc4)ccc3o2)CC1. The Balaban J connectivity index is 0.00000259. The van der Waals surface area contributed by atoms with Gasteiger partial charge in [0.05, 0.1) is 6.54 Å². The lowest BCUT2D eigenvalue weighted by atomic mass is 10.1. The minimum Gasteiger partial charge on any atom is -0.460 e. The fraction of sp³-hybridized carbons (Fsp3) is 0.200. The van der Waals surface area contributed by atoms with Gasteiger partial charge in [-0.3, -0.25) is 9.88 Å². The Bertz CT molecular complexity index is 1240. The highest BCUT2D eigenvalue weighted by molar-refractivity contribution is 5.89. The molecule has 33 heavy (non-hydrogen) atoms. The molecule has 0 aliphatic carbocycles. The number of benzene rings is 2. The molecular formula is C25H24ClFN4O2. The van der Waals surface area contributed by atoms with E-state index in [1.54, 1.807) is 23.2 Å². The zero-order valence-corrected chi connectivity index (χ0v) is 18.7. The average molecular weight is 467 g/mol. The van der Waals surface area contributed by atoms with Crippen LogP contribution in [0.15, 0.2) is 77.5 Å². The molecule has 5 rings (SSSR count). The highest BCUT2D eigenvalue weighted by Gasteiger charge is 2.22. The Morgan fingerprint density at radius 3 is 2.61 bits per heavy atom. The lowest BCUT2D eigenvalue weighted by molar-refractivity contribution is 0.137. The molecule has 2 amide bonds. The van der Waals surface area contributed by atoms with E-state index in [1.807, 2.05) is 30.5 Å². The van der Waals surface area contributed by atoms with E-state index in [4.69, 9.17) is 4.42 Å². The molecule has 0 spiro atoms. The number of carbonyl (C=O) groups excluding carboxylic acids is 1. The Hall–Kier alpha value is -3.42. The van der Waals surface area contributed by atoms with Crippen molar-refractivity contribution >= 4 is 35.1 Å². The van der Waals surface area contributed by atoms with Crippen LogP contribution in [0.5, 0.6) is 0 Å². The number of aromatic nitrogens is 1. The average Bonchev–Trinajstić information content (AvgIpc) is 3.21. The standard InChI is InChI=1S/C25H23FN4O2.ClH/c26-21-4-1-5-22(15-21)28-25(31)30-11-9-29(10-12-30)17-23-14-20-13-18(6-7-24(20)32-23)19-3-2-8-27-16-19;/h1-8,13-16H,9-12,17H2,(H,28,31);1H. The number of carbonyl (C=O) groups is 1. The second-order valence-corrected chi connectivity index (χ2v) is 7.91. The van der Waals surface area contributed by atoms with E-state index in [9.17, 15) is 9.18 Å². The molecule has 2 aromatic heterocycles. The van der Waals surface area contributed by atoms with Gasteiger partial charge in [-0.15, -0.1) is 12.4 Å². The number of nitrogens with zero attached hydrogens (tertiary/aromatic N) is 3. The van der Waals surface area contributed by atoms with Crippen molar-refractivity contribution in [1.82, 2.24) is 14.8 Å². The van der Waals surface area contributed by atoms with Crippen LogP contribution in [0.25, 0.3) is 22.1 Å². The van der Waals surface area contributed by atoms with Crippen molar-refractivity contribution in [2.75, 3.05) is 31.5 Å². The molecule has 1 saturated heterocycles. The van der Waals surface area contributed by atoms with Crippen molar-refractivity contribution in [2.45, 2.75) is 6.54 Å². The fourth-order valence-electron chi connectivity index (χ4n) is 3.99. The van der Waals surface area contributed by atoms with Gasteiger partial charge in [-0.05, 0) is 48.0 Å². The van der Waals surface area contributed by atoms with E-state index in [1.165, 1.54) is 12.1 Å².